The smallest absolute Gasteiger partial charge is 0.382 e. The molecule has 0 aliphatic carbocycles. The van der Waals surface area contributed by atoms with Crippen LogP contribution in [0.15, 0.2) is 42.9 Å². The second kappa shape index (κ2) is 10.5. The molecule has 1 aliphatic heterocycles. The number of alkyl halides is 3. The molecule has 1 aliphatic rings. The van der Waals surface area contributed by atoms with Crippen molar-refractivity contribution in [3.05, 3.63) is 65.5 Å². The van der Waals surface area contributed by atoms with Gasteiger partial charge in [-0.3, -0.25) is 10.2 Å². The number of nitrogens with one attached hydrogen (secondary N) is 2. The van der Waals surface area contributed by atoms with Gasteiger partial charge in [0.1, 0.15) is 23.5 Å². The van der Waals surface area contributed by atoms with Crippen LogP contribution in [0.3, 0.4) is 0 Å². The Hall–Kier alpha value is -4.30. The number of urea groups is 1. The number of carbonyl (C=O) groups excluding carboxylic acids is 1. The molecule has 0 spiro atoms. The number of nitrogens with zero attached hydrogens (tertiary/aromatic N) is 5. The van der Waals surface area contributed by atoms with Crippen LogP contribution in [0.1, 0.15) is 16.8 Å². The van der Waals surface area contributed by atoms with E-state index in [-0.39, 0.29) is 17.3 Å². The first-order valence-electron chi connectivity index (χ1n) is 11.9. The van der Waals surface area contributed by atoms with Gasteiger partial charge in [-0.1, -0.05) is 6.07 Å². The molecule has 4 heterocycles. The van der Waals surface area contributed by atoms with Crippen LogP contribution >= 0.6 is 0 Å². The molecule has 3 aromatic heterocycles. The maximum Gasteiger partial charge on any atom is 0.416 e. The van der Waals surface area contributed by atoms with Crippen molar-refractivity contribution in [3.63, 3.8) is 0 Å². The average Bonchev–Trinajstić information content (AvgIpc) is 3.18. The highest BCUT2D eigenvalue weighted by molar-refractivity contribution is 5.99. The van der Waals surface area contributed by atoms with E-state index in [1.54, 1.807) is 10.6 Å². The molecule has 1 fully saturated rings. The van der Waals surface area contributed by atoms with E-state index in [0.717, 1.165) is 36.6 Å². The van der Waals surface area contributed by atoms with E-state index in [0.29, 0.717) is 42.5 Å². The number of nitrogen functional groups attached to an aromatic ring is 1. The van der Waals surface area contributed by atoms with Crippen LogP contribution in [0.25, 0.3) is 16.6 Å². The molecule has 0 saturated carbocycles. The molecule has 39 heavy (non-hydrogen) atoms. The van der Waals surface area contributed by atoms with Crippen molar-refractivity contribution in [2.24, 2.45) is 0 Å². The maximum absolute atomic E-state index is 15.2. The summed E-state index contributed by atoms with van der Waals surface area (Å²) >= 11 is 0. The van der Waals surface area contributed by atoms with Crippen molar-refractivity contribution in [1.29, 1.82) is 0 Å². The van der Waals surface area contributed by atoms with E-state index in [1.165, 1.54) is 18.5 Å². The highest BCUT2D eigenvalue weighted by Gasteiger charge is 2.31. The Morgan fingerprint density at radius 1 is 1.13 bits per heavy atom. The van der Waals surface area contributed by atoms with Gasteiger partial charge in [-0.2, -0.15) is 18.3 Å². The first kappa shape index (κ1) is 26.3. The molecule has 0 radical (unpaired) electrons. The topological polar surface area (TPSA) is 123 Å². The number of aromatic nitrogens is 4. The molecule has 0 atom stereocenters. The molecule has 14 heteroatoms. The summed E-state index contributed by atoms with van der Waals surface area (Å²) in [5.41, 5.74) is 8.46. The molecular weight excluding hydrogens is 520 g/mol. The molecule has 10 nitrogen and oxygen atoms in total. The average molecular weight is 545 g/mol. The van der Waals surface area contributed by atoms with Gasteiger partial charge in [0.25, 0.3) is 0 Å². The van der Waals surface area contributed by atoms with Crippen LogP contribution in [0, 0.1) is 12.7 Å². The van der Waals surface area contributed by atoms with Crippen LogP contribution in [0.2, 0.25) is 0 Å². The predicted molar refractivity (Wildman–Crippen MR) is 136 cm³/mol. The van der Waals surface area contributed by atoms with E-state index in [2.05, 4.69) is 30.6 Å². The Bertz CT molecular complexity index is 1530. The number of pyridine rings is 1. The molecular formula is C25H24F4N8O2. The van der Waals surface area contributed by atoms with Gasteiger partial charge < -0.3 is 15.8 Å². The molecule has 4 N–H and O–H groups in total. The van der Waals surface area contributed by atoms with Gasteiger partial charge in [-0.25, -0.2) is 23.7 Å². The van der Waals surface area contributed by atoms with Crippen LogP contribution in [0.5, 0.6) is 0 Å². The maximum atomic E-state index is 15.2. The molecule has 1 saturated heterocycles. The monoisotopic (exact) mass is 544 g/mol. The fraction of sp³-hybridized carbons (Fsp3) is 0.280. The molecule has 2 amide bonds. The molecule has 4 aromatic rings. The van der Waals surface area contributed by atoms with Crippen molar-refractivity contribution in [2.75, 3.05) is 42.7 Å². The van der Waals surface area contributed by atoms with Gasteiger partial charge in [-0.15, -0.1) is 0 Å². The summed E-state index contributed by atoms with van der Waals surface area (Å²) in [5.74, 6) is -0.867. The fourth-order valence-electron chi connectivity index (χ4n) is 4.51. The molecule has 5 rings (SSSR count). The summed E-state index contributed by atoms with van der Waals surface area (Å²) in [4.78, 5) is 22.4. The van der Waals surface area contributed by atoms with Crippen LogP contribution in [0.4, 0.5) is 39.7 Å². The van der Waals surface area contributed by atoms with Gasteiger partial charge >= 0.3 is 12.2 Å². The number of ether oxygens (including phenoxy) is 1. The third kappa shape index (κ3) is 5.47. The Labute approximate surface area is 219 Å². The lowest BCUT2D eigenvalue weighted by Gasteiger charge is -2.26. The first-order chi connectivity index (χ1) is 18.6. The number of morpholine rings is 1. The number of fused-ring (bicyclic) bond motifs is 1. The SMILES string of the molecule is Cc1c(-c2ccc(NC(=O)Nc3cc(C(F)(F)F)ccn3)c(F)c2)c2c(N)ncnn2c1CN1CCOCC1. The number of rotatable bonds is 5. The standard InChI is InChI=1S/C25H24F4N8O2/c1-14-19(12-36-6-8-39-9-7-36)37-22(23(30)32-13-33-37)21(14)15-2-3-18(17(26)10-15)34-24(38)35-20-11-16(4-5-31-20)25(27,28)29/h2-5,10-11,13H,6-9,12H2,1H3,(H2,30,32,33)(H2,31,34,35,38). The van der Waals surface area contributed by atoms with Gasteiger partial charge in [0.05, 0.1) is 30.2 Å². The summed E-state index contributed by atoms with van der Waals surface area (Å²) in [6.07, 6.45) is -2.32. The zero-order valence-electron chi connectivity index (χ0n) is 20.7. The highest BCUT2D eigenvalue weighted by atomic mass is 19.4. The second-order valence-electron chi connectivity index (χ2n) is 8.94. The Kier molecular flexibility index (Phi) is 7.06. The largest absolute Gasteiger partial charge is 0.416 e. The lowest BCUT2D eigenvalue weighted by atomic mass is 10.0. The Balaban J connectivity index is 1.41. The third-order valence-electron chi connectivity index (χ3n) is 6.43. The predicted octanol–water partition coefficient (Wildman–Crippen LogP) is 4.32. The van der Waals surface area contributed by atoms with E-state index in [4.69, 9.17) is 10.5 Å². The van der Waals surface area contributed by atoms with Crippen molar-refractivity contribution in [2.45, 2.75) is 19.6 Å². The minimum atomic E-state index is -4.60. The number of anilines is 3. The minimum Gasteiger partial charge on any atom is -0.382 e. The van der Waals surface area contributed by atoms with Crippen LogP contribution < -0.4 is 16.4 Å². The second-order valence-corrected chi connectivity index (χ2v) is 8.94. The Morgan fingerprint density at radius 2 is 1.90 bits per heavy atom. The fourth-order valence-corrected chi connectivity index (χ4v) is 4.51. The quantitative estimate of drug-likeness (QED) is 0.320. The molecule has 0 unspecified atom stereocenters. The summed E-state index contributed by atoms with van der Waals surface area (Å²) in [5, 5.41) is 8.87. The number of amides is 2. The number of halogens is 4. The summed E-state index contributed by atoms with van der Waals surface area (Å²) < 4.78 is 61.1. The van der Waals surface area contributed by atoms with Gasteiger partial charge in [0.15, 0.2) is 5.82 Å². The number of benzene rings is 1. The molecule has 1 aromatic carbocycles. The van der Waals surface area contributed by atoms with Crippen LogP contribution in [-0.4, -0.2) is 56.8 Å². The third-order valence-corrected chi connectivity index (χ3v) is 6.43. The number of carbonyl (C=O) groups is 1. The van der Waals surface area contributed by atoms with Crippen LogP contribution in [-0.2, 0) is 17.5 Å². The summed E-state index contributed by atoms with van der Waals surface area (Å²) in [6, 6.07) is 4.71. The summed E-state index contributed by atoms with van der Waals surface area (Å²) in [7, 11) is 0. The van der Waals surface area contributed by atoms with Crippen molar-refractivity contribution in [1.82, 2.24) is 24.5 Å². The van der Waals surface area contributed by atoms with E-state index in [9.17, 15) is 18.0 Å². The Morgan fingerprint density at radius 3 is 2.62 bits per heavy atom. The van der Waals surface area contributed by atoms with Crippen molar-refractivity contribution >= 4 is 28.9 Å². The number of hydrogen-bond donors (Lipinski definition) is 3. The number of hydrogen-bond acceptors (Lipinski definition) is 7. The van der Waals surface area contributed by atoms with Crippen molar-refractivity contribution < 1.29 is 27.1 Å². The lowest BCUT2D eigenvalue weighted by Crippen LogP contribution is -2.36. The van der Waals surface area contributed by atoms with Crippen molar-refractivity contribution in [3.8, 4) is 11.1 Å². The lowest BCUT2D eigenvalue weighted by molar-refractivity contribution is -0.137. The van der Waals surface area contributed by atoms with E-state index < -0.39 is 23.6 Å². The minimum absolute atomic E-state index is 0.179. The van der Waals surface area contributed by atoms with Gasteiger partial charge in [0, 0.05) is 31.4 Å². The number of nitrogens with two attached hydrogens (primary N) is 1. The summed E-state index contributed by atoms with van der Waals surface area (Å²) in [6.45, 7) is 5.26. The van der Waals surface area contributed by atoms with Gasteiger partial charge in [-0.05, 0) is 42.3 Å². The van der Waals surface area contributed by atoms with Gasteiger partial charge in [0.2, 0.25) is 0 Å². The van der Waals surface area contributed by atoms with E-state index >= 15 is 4.39 Å². The highest BCUT2D eigenvalue weighted by Crippen LogP contribution is 2.36. The molecule has 0 bridgehead atoms. The zero-order chi connectivity index (χ0) is 27.7. The zero-order valence-corrected chi connectivity index (χ0v) is 20.7. The normalized spacial score (nSPS) is 14.5. The molecule has 204 valence electrons. The van der Waals surface area contributed by atoms with E-state index in [1.807, 2.05) is 6.92 Å². The first-order valence-corrected chi connectivity index (χ1v) is 11.9.